The first kappa shape index (κ1) is 14.9. The van der Waals surface area contributed by atoms with Crippen LogP contribution < -0.4 is 5.32 Å². The van der Waals surface area contributed by atoms with Crippen molar-refractivity contribution in [3.05, 3.63) is 63.8 Å². The van der Waals surface area contributed by atoms with Crippen LogP contribution in [0, 0.1) is 6.92 Å². The van der Waals surface area contributed by atoms with Gasteiger partial charge in [0.15, 0.2) is 0 Å². The molecule has 0 aliphatic rings. The van der Waals surface area contributed by atoms with Gasteiger partial charge in [-0.05, 0) is 36.8 Å². The van der Waals surface area contributed by atoms with E-state index in [2.05, 4.69) is 5.32 Å². The van der Waals surface area contributed by atoms with Gasteiger partial charge in [0, 0.05) is 16.0 Å². The lowest BCUT2D eigenvalue weighted by Crippen LogP contribution is -2.14. The average Bonchev–Trinajstić information content (AvgIpc) is 2.85. The number of rotatable bonds is 3. The molecular formula is C17H13Cl2NO2. The highest BCUT2D eigenvalue weighted by Gasteiger charge is 2.12. The van der Waals surface area contributed by atoms with Crippen LogP contribution in [0.2, 0.25) is 10.0 Å². The van der Waals surface area contributed by atoms with Crippen LogP contribution in [-0.2, 0) is 11.2 Å². The summed E-state index contributed by atoms with van der Waals surface area (Å²) in [7, 11) is 0. The predicted octanol–water partition coefficient (Wildman–Crippen LogP) is 5.23. The highest BCUT2D eigenvalue weighted by Crippen LogP contribution is 2.26. The zero-order chi connectivity index (χ0) is 15.7. The number of carbonyl (C=O) groups excluding carboxylic acids is 1. The Morgan fingerprint density at radius 1 is 1.18 bits per heavy atom. The maximum absolute atomic E-state index is 12.2. The number of amides is 1. The van der Waals surface area contributed by atoms with E-state index in [9.17, 15) is 4.79 Å². The van der Waals surface area contributed by atoms with Gasteiger partial charge < -0.3 is 9.73 Å². The molecule has 1 amide bonds. The van der Waals surface area contributed by atoms with Crippen LogP contribution >= 0.6 is 23.2 Å². The largest absolute Gasteiger partial charge is 0.464 e. The van der Waals surface area contributed by atoms with E-state index in [1.54, 1.807) is 24.5 Å². The summed E-state index contributed by atoms with van der Waals surface area (Å²) in [6, 6.07) is 10.8. The molecule has 1 N–H and O–H groups in total. The average molecular weight is 334 g/mol. The van der Waals surface area contributed by atoms with Gasteiger partial charge in [-0.25, -0.2) is 0 Å². The van der Waals surface area contributed by atoms with Crippen LogP contribution in [0.3, 0.4) is 0 Å². The molecule has 0 aliphatic heterocycles. The van der Waals surface area contributed by atoms with E-state index >= 15 is 0 Å². The van der Waals surface area contributed by atoms with Crippen molar-refractivity contribution in [1.29, 1.82) is 0 Å². The Bertz CT molecular complexity index is 855. The lowest BCUT2D eigenvalue weighted by molar-refractivity contribution is -0.115. The number of hydrogen-bond donors (Lipinski definition) is 1. The van der Waals surface area contributed by atoms with Crippen LogP contribution in [0.1, 0.15) is 11.1 Å². The number of nitrogens with one attached hydrogen (secondary N) is 1. The maximum atomic E-state index is 12.2. The van der Waals surface area contributed by atoms with Crippen molar-refractivity contribution in [3.63, 3.8) is 0 Å². The van der Waals surface area contributed by atoms with Crippen LogP contribution in [0.4, 0.5) is 5.69 Å². The smallest absolute Gasteiger partial charge is 0.228 e. The van der Waals surface area contributed by atoms with E-state index in [4.69, 9.17) is 27.6 Å². The van der Waals surface area contributed by atoms with Crippen molar-refractivity contribution < 1.29 is 9.21 Å². The topological polar surface area (TPSA) is 42.2 Å². The number of benzene rings is 2. The fourth-order valence-electron chi connectivity index (χ4n) is 2.29. The molecule has 0 unspecified atom stereocenters. The number of fused-ring (bicyclic) bond motifs is 1. The Kier molecular flexibility index (Phi) is 4.10. The number of halogens is 2. The fourth-order valence-corrected chi connectivity index (χ4v) is 2.62. The molecule has 0 saturated heterocycles. The van der Waals surface area contributed by atoms with Gasteiger partial charge in [0.25, 0.3) is 0 Å². The predicted molar refractivity (Wildman–Crippen MR) is 89.7 cm³/mol. The third kappa shape index (κ3) is 3.11. The van der Waals surface area contributed by atoms with Gasteiger partial charge in [-0.3, -0.25) is 4.79 Å². The zero-order valence-corrected chi connectivity index (χ0v) is 13.3. The third-order valence-corrected chi connectivity index (χ3v) is 3.93. The summed E-state index contributed by atoms with van der Waals surface area (Å²) in [6.07, 6.45) is 1.82. The van der Waals surface area contributed by atoms with Gasteiger partial charge in [-0.2, -0.15) is 0 Å². The third-order valence-electron chi connectivity index (χ3n) is 3.36. The molecule has 22 heavy (non-hydrogen) atoms. The quantitative estimate of drug-likeness (QED) is 0.713. The molecule has 0 spiro atoms. The van der Waals surface area contributed by atoms with Crippen LogP contribution in [0.15, 0.2) is 47.1 Å². The first-order valence-electron chi connectivity index (χ1n) is 6.74. The van der Waals surface area contributed by atoms with E-state index in [1.807, 2.05) is 25.1 Å². The molecule has 0 saturated carbocycles. The minimum absolute atomic E-state index is 0.174. The van der Waals surface area contributed by atoms with Gasteiger partial charge in [0.1, 0.15) is 5.58 Å². The molecule has 0 aliphatic carbocycles. The number of hydrogen-bond acceptors (Lipinski definition) is 2. The van der Waals surface area contributed by atoms with E-state index in [-0.39, 0.29) is 12.3 Å². The minimum atomic E-state index is -0.174. The summed E-state index contributed by atoms with van der Waals surface area (Å²) in [5.74, 6) is -0.174. The molecule has 1 heterocycles. The fraction of sp³-hybridized carbons (Fsp3) is 0.118. The standard InChI is InChI=1S/C17H13Cl2NO2/c1-10-2-4-13-11(9-22-16(13)6-10)7-17(21)20-15-8-12(18)3-5-14(15)19/h2-6,8-9H,7H2,1H3,(H,20,21). The second kappa shape index (κ2) is 6.03. The Balaban J connectivity index is 1.80. The second-order valence-corrected chi connectivity index (χ2v) is 5.95. The first-order valence-corrected chi connectivity index (χ1v) is 7.50. The van der Waals surface area contributed by atoms with Gasteiger partial charge in [0.2, 0.25) is 5.91 Å². The van der Waals surface area contributed by atoms with Crippen LogP contribution in [-0.4, -0.2) is 5.91 Å². The van der Waals surface area contributed by atoms with E-state index in [0.29, 0.717) is 15.7 Å². The normalized spacial score (nSPS) is 10.9. The van der Waals surface area contributed by atoms with Gasteiger partial charge in [0.05, 0.1) is 23.4 Å². The molecular weight excluding hydrogens is 321 g/mol. The van der Waals surface area contributed by atoms with Crippen molar-refractivity contribution in [2.45, 2.75) is 13.3 Å². The number of furan rings is 1. The van der Waals surface area contributed by atoms with Crippen molar-refractivity contribution in [1.82, 2.24) is 0 Å². The Hall–Kier alpha value is -1.97. The summed E-state index contributed by atoms with van der Waals surface area (Å²) in [5.41, 5.74) is 3.24. The van der Waals surface area contributed by atoms with E-state index in [0.717, 1.165) is 22.1 Å². The molecule has 3 aromatic rings. The monoisotopic (exact) mass is 333 g/mol. The lowest BCUT2D eigenvalue weighted by atomic mass is 10.1. The molecule has 0 bridgehead atoms. The Morgan fingerprint density at radius 2 is 2.00 bits per heavy atom. The Labute approximate surface area is 137 Å². The van der Waals surface area contributed by atoms with Gasteiger partial charge >= 0.3 is 0 Å². The zero-order valence-electron chi connectivity index (χ0n) is 11.8. The highest BCUT2D eigenvalue weighted by atomic mass is 35.5. The van der Waals surface area contributed by atoms with Crippen LogP contribution in [0.25, 0.3) is 11.0 Å². The second-order valence-electron chi connectivity index (χ2n) is 5.11. The molecule has 0 radical (unpaired) electrons. The molecule has 3 rings (SSSR count). The van der Waals surface area contributed by atoms with Gasteiger partial charge in [-0.15, -0.1) is 0 Å². The summed E-state index contributed by atoms with van der Waals surface area (Å²) in [6.45, 7) is 2.00. The summed E-state index contributed by atoms with van der Waals surface area (Å²) in [5, 5.41) is 4.68. The lowest BCUT2D eigenvalue weighted by Gasteiger charge is -2.07. The molecule has 2 aromatic carbocycles. The summed E-state index contributed by atoms with van der Waals surface area (Å²) >= 11 is 12.0. The molecule has 1 aromatic heterocycles. The van der Waals surface area contributed by atoms with E-state index < -0.39 is 0 Å². The highest BCUT2D eigenvalue weighted by molar-refractivity contribution is 6.35. The summed E-state index contributed by atoms with van der Waals surface area (Å²) in [4.78, 5) is 12.2. The number of anilines is 1. The number of aryl methyl sites for hydroxylation is 1. The van der Waals surface area contributed by atoms with E-state index in [1.165, 1.54) is 0 Å². The molecule has 0 atom stereocenters. The van der Waals surface area contributed by atoms with Crippen molar-refractivity contribution in [2.24, 2.45) is 0 Å². The minimum Gasteiger partial charge on any atom is -0.464 e. The molecule has 112 valence electrons. The van der Waals surface area contributed by atoms with Crippen molar-refractivity contribution >= 4 is 45.8 Å². The van der Waals surface area contributed by atoms with Crippen molar-refractivity contribution in [3.8, 4) is 0 Å². The summed E-state index contributed by atoms with van der Waals surface area (Å²) < 4.78 is 5.50. The maximum Gasteiger partial charge on any atom is 0.228 e. The van der Waals surface area contributed by atoms with Gasteiger partial charge in [-0.1, -0.05) is 35.3 Å². The van der Waals surface area contributed by atoms with Crippen LogP contribution in [0.5, 0.6) is 0 Å². The Morgan fingerprint density at radius 3 is 2.82 bits per heavy atom. The number of carbonyl (C=O) groups is 1. The van der Waals surface area contributed by atoms with Crippen molar-refractivity contribution in [2.75, 3.05) is 5.32 Å². The molecule has 3 nitrogen and oxygen atoms in total. The molecule has 0 fully saturated rings. The molecule has 5 heteroatoms. The first-order chi connectivity index (χ1) is 10.5. The SMILES string of the molecule is Cc1ccc2c(CC(=O)Nc3cc(Cl)ccc3Cl)coc2c1.